The lowest BCUT2D eigenvalue weighted by Crippen LogP contribution is -3.00. The SMILES string of the molecule is Cc1c(-c2ccccc2)ccc2c[nH+]c3ccc(N)c(N)c3c12.[Br-]. The molecule has 0 aliphatic rings. The molecular weight excluding hydrogens is 362 g/mol. The maximum atomic E-state index is 6.30. The van der Waals surface area contributed by atoms with Gasteiger partial charge in [-0.25, -0.2) is 4.98 Å². The van der Waals surface area contributed by atoms with Crippen LogP contribution in [0.15, 0.2) is 60.8 Å². The van der Waals surface area contributed by atoms with E-state index in [9.17, 15) is 0 Å². The highest BCUT2D eigenvalue weighted by atomic mass is 79.9. The van der Waals surface area contributed by atoms with Crippen LogP contribution < -0.4 is 33.4 Å². The number of pyridine rings is 1. The van der Waals surface area contributed by atoms with Gasteiger partial charge in [-0.1, -0.05) is 36.4 Å². The molecule has 0 atom stereocenters. The van der Waals surface area contributed by atoms with Gasteiger partial charge in [-0.2, -0.15) is 0 Å². The van der Waals surface area contributed by atoms with Gasteiger partial charge in [0.15, 0.2) is 6.20 Å². The number of nitrogen functional groups attached to an aromatic ring is 2. The summed E-state index contributed by atoms with van der Waals surface area (Å²) in [4.78, 5) is 3.31. The van der Waals surface area contributed by atoms with Crippen LogP contribution in [0.2, 0.25) is 0 Å². The molecule has 1 aromatic heterocycles. The quantitative estimate of drug-likeness (QED) is 0.382. The number of halogens is 1. The van der Waals surface area contributed by atoms with Crippen molar-refractivity contribution in [3.05, 3.63) is 66.4 Å². The molecule has 24 heavy (non-hydrogen) atoms. The van der Waals surface area contributed by atoms with Gasteiger partial charge in [0.1, 0.15) is 0 Å². The number of nitrogens with two attached hydrogens (primary N) is 2. The van der Waals surface area contributed by atoms with E-state index in [4.69, 9.17) is 11.5 Å². The van der Waals surface area contributed by atoms with Crippen molar-refractivity contribution in [1.29, 1.82) is 0 Å². The van der Waals surface area contributed by atoms with Crippen molar-refractivity contribution < 1.29 is 22.0 Å². The Labute approximate surface area is 151 Å². The fourth-order valence-corrected chi connectivity index (χ4v) is 3.30. The average Bonchev–Trinajstić information content (AvgIpc) is 2.59. The third-order valence-corrected chi connectivity index (χ3v) is 4.49. The van der Waals surface area contributed by atoms with Crippen LogP contribution in [0.4, 0.5) is 11.4 Å². The highest BCUT2D eigenvalue weighted by Gasteiger charge is 2.15. The van der Waals surface area contributed by atoms with Crippen LogP contribution in [-0.2, 0) is 0 Å². The first-order valence-electron chi connectivity index (χ1n) is 7.64. The normalized spacial score (nSPS) is 10.7. The lowest BCUT2D eigenvalue weighted by atomic mass is 9.93. The van der Waals surface area contributed by atoms with Crippen LogP contribution in [0, 0.1) is 6.92 Å². The number of benzene rings is 3. The van der Waals surface area contributed by atoms with E-state index in [1.165, 1.54) is 16.7 Å². The second-order valence-corrected chi connectivity index (χ2v) is 5.85. The monoisotopic (exact) mass is 379 g/mol. The van der Waals surface area contributed by atoms with E-state index in [1.54, 1.807) is 0 Å². The van der Waals surface area contributed by atoms with Gasteiger partial charge < -0.3 is 28.4 Å². The van der Waals surface area contributed by atoms with Gasteiger partial charge in [0, 0.05) is 16.8 Å². The molecule has 0 fully saturated rings. The van der Waals surface area contributed by atoms with E-state index in [0.29, 0.717) is 11.4 Å². The smallest absolute Gasteiger partial charge is 0.213 e. The Bertz CT molecular complexity index is 1040. The van der Waals surface area contributed by atoms with E-state index < -0.39 is 0 Å². The van der Waals surface area contributed by atoms with Gasteiger partial charge >= 0.3 is 0 Å². The van der Waals surface area contributed by atoms with E-state index in [-0.39, 0.29) is 17.0 Å². The first-order chi connectivity index (χ1) is 11.2. The van der Waals surface area contributed by atoms with Crippen molar-refractivity contribution >= 4 is 33.1 Å². The van der Waals surface area contributed by atoms with Crippen LogP contribution in [0.25, 0.3) is 32.8 Å². The lowest BCUT2D eigenvalue weighted by molar-refractivity contribution is -0.342. The summed E-state index contributed by atoms with van der Waals surface area (Å²) < 4.78 is 0. The van der Waals surface area contributed by atoms with Crippen molar-refractivity contribution in [3.8, 4) is 11.1 Å². The highest BCUT2D eigenvalue weighted by Crippen LogP contribution is 2.36. The Balaban J connectivity index is 0.00000169. The molecule has 0 unspecified atom stereocenters. The third-order valence-electron chi connectivity index (χ3n) is 4.49. The summed E-state index contributed by atoms with van der Waals surface area (Å²) in [6, 6.07) is 18.5. The van der Waals surface area contributed by atoms with Gasteiger partial charge in [0.25, 0.3) is 0 Å². The van der Waals surface area contributed by atoms with Gasteiger partial charge in [-0.3, -0.25) is 0 Å². The van der Waals surface area contributed by atoms with Crippen molar-refractivity contribution in [1.82, 2.24) is 0 Å². The second kappa shape index (κ2) is 6.13. The minimum absolute atomic E-state index is 0. The molecule has 0 bridgehead atoms. The summed E-state index contributed by atoms with van der Waals surface area (Å²) in [5, 5.41) is 3.29. The molecule has 0 aliphatic carbocycles. The van der Waals surface area contributed by atoms with Crippen molar-refractivity contribution in [2.45, 2.75) is 6.92 Å². The summed E-state index contributed by atoms with van der Waals surface area (Å²) in [5.74, 6) is 0. The maximum Gasteiger partial charge on any atom is 0.213 e. The van der Waals surface area contributed by atoms with Crippen LogP contribution in [0.5, 0.6) is 0 Å². The average molecular weight is 380 g/mol. The van der Waals surface area contributed by atoms with Crippen LogP contribution >= 0.6 is 0 Å². The first kappa shape index (κ1) is 16.3. The Morgan fingerprint density at radius 2 is 1.58 bits per heavy atom. The Morgan fingerprint density at radius 3 is 2.33 bits per heavy atom. The number of H-pyrrole nitrogens is 1. The number of nitrogens with one attached hydrogen (secondary N) is 1. The molecule has 0 saturated heterocycles. The molecule has 0 amide bonds. The zero-order valence-corrected chi connectivity index (χ0v) is 14.9. The van der Waals surface area contributed by atoms with Gasteiger partial charge in [-0.15, -0.1) is 0 Å². The van der Waals surface area contributed by atoms with E-state index in [2.05, 4.69) is 48.3 Å². The number of aromatic amines is 1. The molecule has 1 heterocycles. The largest absolute Gasteiger partial charge is 1.00 e. The number of fused-ring (bicyclic) bond motifs is 3. The molecule has 4 aromatic rings. The topological polar surface area (TPSA) is 66.2 Å². The molecule has 3 nitrogen and oxygen atoms in total. The van der Waals surface area contributed by atoms with E-state index in [1.807, 2.05) is 24.4 Å². The molecule has 120 valence electrons. The fourth-order valence-electron chi connectivity index (χ4n) is 3.30. The predicted molar refractivity (Wildman–Crippen MR) is 97.0 cm³/mol. The van der Waals surface area contributed by atoms with Crippen LogP contribution in [0.3, 0.4) is 0 Å². The van der Waals surface area contributed by atoms with Gasteiger partial charge in [-0.05, 0) is 35.7 Å². The zero-order chi connectivity index (χ0) is 16.0. The summed E-state index contributed by atoms with van der Waals surface area (Å²) in [6.45, 7) is 2.15. The molecule has 0 aliphatic heterocycles. The first-order valence-corrected chi connectivity index (χ1v) is 7.64. The molecule has 4 rings (SSSR count). The van der Waals surface area contributed by atoms with Gasteiger partial charge in [0.2, 0.25) is 5.52 Å². The lowest BCUT2D eigenvalue weighted by Gasteiger charge is -2.12. The number of hydrogen-bond acceptors (Lipinski definition) is 2. The van der Waals surface area contributed by atoms with Crippen LogP contribution in [-0.4, -0.2) is 0 Å². The Morgan fingerprint density at radius 1 is 0.833 bits per heavy atom. The third kappa shape index (κ3) is 2.39. The van der Waals surface area contributed by atoms with Crippen molar-refractivity contribution in [2.75, 3.05) is 11.5 Å². The van der Waals surface area contributed by atoms with Crippen molar-refractivity contribution in [3.63, 3.8) is 0 Å². The Hall–Kier alpha value is -2.59. The maximum absolute atomic E-state index is 6.30. The summed E-state index contributed by atoms with van der Waals surface area (Å²) in [5.41, 5.74) is 18.2. The zero-order valence-electron chi connectivity index (χ0n) is 13.3. The van der Waals surface area contributed by atoms with Crippen molar-refractivity contribution in [2.24, 2.45) is 0 Å². The summed E-state index contributed by atoms with van der Waals surface area (Å²) >= 11 is 0. The molecule has 3 aromatic carbocycles. The number of aromatic nitrogens is 1. The molecule has 0 saturated carbocycles. The molecule has 0 spiro atoms. The highest BCUT2D eigenvalue weighted by molar-refractivity contribution is 6.14. The predicted octanol–water partition coefficient (Wildman–Crippen LogP) is 0.951. The number of rotatable bonds is 1. The van der Waals surface area contributed by atoms with E-state index >= 15 is 0 Å². The van der Waals surface area contributed by atoms with Crippen LogP contribution in [0.1, 0.15) is 5.56 Å². The summed E-state index contributed by atoms with van der Waals surface area (Å²) in [7, 11) is 0. The molecule has 0 radical (unpaired) electrons. The standard InChI is InChI=1S/C20H17N3.BrH/c1-12-15(13-5-3-2-4-6-13)8-7-14-11-23-17-10-9-16(21)20(22)19(17)18(12)14;/h2-11H,21-22H2,1H3;1H. The molecule has 5 N–H and O–H groups in total. The summed E-state index contributed by atoms with van der Waals surface area (Å²) in [6.07, 6.45) is 2.02. The van der Waals surface area contributed by atoms with Gasteiger partial charge in [0.05, 0.1) is 16.8 Å². The minimum Gasteiger partial charge on any atom is -1.00 e. The second-order valence-electron chi connectivity index (χ2n) is 5.85. The fraction of sp³-hybridized carbons (Fsp3) is 0.0500. The minimum atomic E-state index is 0. The number of aryl methyl sites for hydroxylation is 1. The molecule has 4 heteroatoms. The van der Waals surface area contributed by atoms with E-state index in [0.717, 1.165) is 21.7 Å². The Kier molecular flexibility index (Phi) is 4.16. The molecular formula is C20H18BrN3. The number of anilines is 2. The number of hydrogen-bond donors (Lipinski definition) is 2.